The summed E-state index contributed by atoms with van der Waals surface area (Å²) in [6, 6.07) is 2.06. The maximum Gasteiger partial charge on any atom is 0.239 e. The molecule has 0 amide bonds. The fourth-order valence-electron chi connectivity index (χ4n) is 2.26. The molecule has 0 aromatic carbocycles. The van der Waals surface area contributed by atoms with E-state index in [9.17, 15) is 0 Å². The second-order valence-electron chi connectivity index (χ2n) is 5.63. The van der Waals surface area contributed by atoms with E-state index in [2.05, 4.69) is 26.4 Å². The zero-order chi connectivity index (χ0) is 12.5. The van der Waals surface area contributed by atoms with Gasteiger partial charge in [-0.25, -0.2) is 10.8 Å². The Morgan fingerprint density at radius 2 is 1.83 bits per heavy atom. The second-order valence-corrected chi connectivity index (χ2v) is 5.63. The first kappa shape index (κ1) is 11.7. The second kappa shape index (κ2) is 4.72. The van der Waals surface area contributed by atoms with Gasteiger partial charge in [0.15, 0.2) is 0 Å². The van der Waals surface area contributed by atoms with Gasteiger partial charge in [0, 0.05) is 24.8 Å². The summed E-state index contributed by atoms with van der Waals surface area (Å²) < 4.78 is 0. The van der Waals surface area contributed by atoms with Gasteiger partial charge in [-0.05, 0) is 44.4 Å². The number of aromatic nitrogens is 2. The highest BCUT2D eigenvalue weighted by Crippen LogP contribution is 2.35. The van der Waals surface area contributed by atoms with E-state index < -0.39 is 0 Å². The number of rotatable bonds is 6. The van der Waals surface area contributed by atoms with Crippen molar-refractivity contribution < 1.29 is 0 Å². The third kappa shape index (κ3) is 2.90. The van der Waals surface area contributed by atoms with Gasteiger partial charge in [-0.3, -0.25) is 5.43 Å². The van der Waals surface area contributed by atoms with E-state index in [1.807, 2.05) is 6.92 Å². The Hall–Kier alpha value is -1.36. The van der Waals surface area contributed by atoms with Crippen molar-refractivity contribution in [2.75, 3.05) is 23.4 Å². The first-order valence-electron chi connectivity index (χ1n) is 6.82. The molecular formula is C13H21N5. The molecule has 2 saturated carbocycles. The lowest BCUT2D eigenvalue weighted by molar-refractivity contribution is 0.670. The molecule has 1 heterocycles. The average molecular weight is 247 g/mol. The summed E-state index contributed by atoms with van der Waals surface area (Å²) in [5.74, 6) is 8.70. The van der Waals surface area contributed by atoms with E-state index in [1.165, 1.54) is 25.7 Å². The molecule has 3 rings (SSSR count). The molecule has 0 saturated heterocycles. The molecule has 2 fully saturated rings. The number of aryl methyl sites for hydroxylation is 1. The number of nitrogens with two attached hydrogens (primary N) is 1. The lowest BCUT2D eigenvalue weighted by atomic mass is 10.3. The Morgan fingerprint density at radius 3 is 2.33 bits per heavy atom. The monoisotopic (exact) mass is 247 g/mol. The molecule has 98 valence electrons. The minimum atomic E-state index is 0.515. The standard InChI is InChI=1S/C13H21N5/c1-9-6-12(16-13(15-9)17-14)18(7-10-2-3-10)8-11-4-5-11/h6,10-11H,2-5,7-8,14H2,1H3,(H,15,16,17). The molecule has 0 spiro atoms. The summed E-state index contributed by atoms with van der Waals surface area (Å²) in [6.45, 7) is 4.26. The topological polar surface area (TPSA) is 67.1 Å². The Kier molecular flexibility index (Phi) is 3.07. The van der Waals surface area contributed by atoms with Crippen LogP contribution in [-0.2, 0) is 0 Å². The fourth-order valence-corrected chi connectivity index (χ4v) is 2.26. The van der Waals surface area contributed by atoms with E-state index in [0.29, 0.717) is 5.95 Å². The zero-order valence-electron chi connectivity index (χ0n) is 10.9. The summed E-state index contributed by atoms with van der Waals surface area (Å²) in [5, 5.41) is 0. The smallest absolute Gasteiger partial charge is 0.239 e. The van der Waals surface area contributed by atoms with Crippen LogP contribution >= 0.6 is 0 Å². The van der Waals surface area contributed by atoms with Crippen molar-refractivity contribution in [3.8, 4) is 0 Å². The van der Waals surface area contributed by atoms with E-state index >= 15 is 0 Å². The van der Waals surface area contributed by atoms with Gasteiger partial charge in [-0.1, -0.05) is 0 Å². The predicted molar refractivity (Wildman–Crippen MR) is 72.2 cm³/mol. The van der Waals surface area contributed by atoms with Crippen LogP contribution in [0.2, 0.25) is 0 Å². The number of hydrazine groups is 1. The average Bonchev–Trinajstić information content (AvgIpc) is 3.22. The van der Waals surface area contributed by atoms with Crippen LogP contribution < -0.4 is 16.2 Å². The largest absolute Gasteiger partial charge is 0.356 e. The summed E-state index contributed by atoms with van der Waals surface area (Å²) in [4.78, 5) is 11.2. The molecule has 0 bridgehead atoms. The summed E-state index contributed by atoms with van der Waals surface area (Å²) in [6.07, 6.45) is 5.47. The number of nitrogens with zero attached hydrogens (tertiary/aromatic N) is 3. The van der Waals surface area contributed by atoms with Gasteiger partial charge < -0.3 is 4.90 Å². The van der Waals surface area contributed by atoms with Crippen LogP contribution in [0, 0.1) is 18.8 Å². The minimum Gasteiger partial charge on any atom is -0.356 e. The molecule has 0 unspecified atom stereocenters. The Bertz CT molecular complexity index is 411. The van der Waals surface area contributed by atoms with Crippen LogP contribution in [0.1, 0.15) is 31.4 Å². The molecule has 2 aliphatic rings. The normalized spacial score (nSPS) is 18.8. The van der Waals surface area contributed by atoms with Crippen LogP contribution in [0.5, 0.6) is 0 Å². The molecule has 3 N–H and O–H groups in total. The summed E-state index contributed by atoms with van der Waals surface area (Å²) in [5.41, 5.74) is 3.51. The quantitative estimate of drug-likeness (QED) is 0.591. The molecule has 5 heteroatoms. The number of nitrogen functional groups attached to an aromatic ring is 1. The van der Waals surface area contributed by atoms with E-state index in [0.717, 1.165) is 36.4 Å². The zero-order valence-corrected chi connectivity index (χ0v) is 10.9. The number of hydrogen-bond acceptors (Lipinski definition) is 5. The lowest BCUT2D eigenvalue weighted by Crippen LogP contribution is -2.29. The van der Waals surface area contributed by atoms with Gasteiger partial charge in [0.2, 0.25) is 5.95 Å². The van der Waals surface area contributed by atoms with Crippen LogP contribution in [0.15, 0.2) is 6.07 Å². The first-order chi connectivity index (χ1) is 8.74. The fraction of sp³-hybridized carbons (Fsp3) is 0.692. The number of hydrogen-bond donors (Lipinski definition) is 2. The molecular weight excluding hydrogens is 226 g/mol. The Labute approximate surface area is 108 Å². The summed E-state index contributed by atoms with van der Waals surface area (Å²) >= 11 is 0. The molecule has 5 nitrogen and oxygen atoms in total. The van der Waals surface area contributed by atoms with Crippen LogP contribution in [0.25, 0.3) is 0 Å². The van der Waals surface area contributed by atoms with Crippen molar-refractivity contribution in [1.82, 2.24) is 9.97 Å². The van der Waals surface area contributed by atoms with Crippen LogP contribution in [0.3, 0.4) is 0 Å². The molecule has 0 radical (unpaired) electrons. The van der Waals surface area contributed by atoms with E-state index in [-0.39, 0.29) is 0 Å². The third-order valence-electron chi connectivity index (χ3n) is 3.64. The lowest BCUT2D eigenvalue weighted by Gasteiger charge is -2.24. The highest BCUT2D eigenvalue weighted by atomic mass is 15.3. The number of anilines is 2. The van der Waals surface area contributed by atoms with Crippen molar-refractivity contribution >= 4 is 11.8 Å². The molecule has 0 atom stereocenters. The van der Waals surface area contributed by atoms with Crippen molar-refractivity contribution in [3.05, 3.63) is 11.8 Å². The molecule has 1 aromatic heterocycles. The van der Waals surface area contributed by atoms with Crippen LogP contribution in [-0.4, -0.2) is 23.1 Å². The minimum absolute atomic E-state index is 0.515. The Balaban J connectivity index is 1.79. The SMILES string of the molecule is Cc1cc(N(CC2CC2)CC2CC2)nc(NN)n1. The maximum absolute atomic E-state index is 5.42. The van der Waals surface area contributed by atoms with Gasteiger partial charge in [0.1, 0.15) is 5.82 Å². The van der Waals surface area contributed by atoms with Gasteiger partial charge in [-0.15, -0.1) is 0 Å². The van der Waals surface area contributed by atoms with Crippen LogP contribution in [0.4, 0.5) is 11.8 Å². The van der Waals surface area contributed by atoms with Gasteiger partial charge in [0.05, 0.1) is 0 Å². The number of nitrogens with one attached hydrogen (secondary N) is 1. The van der Waals surface area contributed by atoms with Crippen molar-refractivity contribution in [3.63, 3.8) is 0 Å². The summed E-state index contributed by atoms with van der Waals surface area (Å²) in [7, 11) is 0. The first-order valence-corrected chi connectivity index (χ1v) is 6.82. The molecule has 18 heavy (non-hydrogen) atoms. The third-order valence-corrected chi connectivity index (χ3v) is 3.64. The van der Waals surface area contributed by atoms with E-state index in [1.54, 1.807) is 0 Å². The molecule has 0 aliphatic heterocycles. The molecule has 2 aliphatic carbocycles. The molecule has 1 aromatic rings. The van der Waals surface area contributed by atoms with Gasteiger partial charge in [-0.2, -0.15) is 4.98 Å². The maximum atomic E-state index is 5.42. The highest BCUT2D eigenvalue weighted by molar-refractivity contribution is 5.44. The van der Waals surface area contributed by atoms with E-state index in [4.69, 9.17) is 5.84 Å². The van der Waals surface area contributed by atoms with Crippen molar-refractivity contribution in [2.45, 2.75) is 32.6 Å². The Morgan fingerprint density at radius 1 is 1.22 bits per heavy atom. The highest BCUT2D eigenvalue weighted by Gasteiger charge is 2.30. The predicted octanol–water partition coefficient (Wildman–Crippen LogP) is 1.70. The van der Waals surface area contributed by atoms with Crippen molar-refractivity contribution in [2.24, 2.45) is 17.7 Å². The van der Waals surface area contributed by atoms with Gasteiger partial charge in [0.25, 0.3) is 0 Å². The van der Waals surface area contributed by atoms with Gasteiger partial charge >= 0.3 is 0 Å². The van der Waals surface area contributed by atoms with Crippen molar-refractivity contribution in [1.29, 1.82) is 0 Å².